The van der Waals surface area contributed by atoms with Gasteiger partial charge in [0.2, 0.25) is 0 Å². The molecular formula is C23H19N3O5. The molecule has 3 aromatic carbocycles. The summed E-state index contributed by atoms with van der Waals surface area (Å²) in [5.74, 6) is -0.117. The molecule has 0 atom stereocenters. The smallest absolute Gasteiger partial charge is 0.273 e. The van der Waals surface area contributed by atoms with E-state index in [1.54, 1.807) is 23.1 Å². The Morgan fingerprint density at radius 2 is 1.90 bits per heavy atom. The number of rotatable bonds is 5. The fourth-order valence-corrected chi connectivity index (χ4v) is 3.48. The number of carbonyl (C=O) groups is 2. The van der Waals surface area contributed by atoms with Gasteiger partial charge in [-0.05, 0) is 36.8 Å². The second-order valence-electron chi connectivity index (χ2n) is 7.10. The summed E-state index contributed by atoms with van der Waals surface area (Å²) in [6.07, 6.45) is 0. The maximum Gasteiger partial charge on any atom is 0.273 e. The normalized spacial score (nSPS) is 12.7. The molecule has 0 aliphatic carbocycles. The summed E-state index contributed by atoms with van der Waals surface area (Å²) < 4.78 is 5.53. The zero-order valence-electron chi connectivity index (χ0n) is 16.7. The summed E-state index contributed by atoms with van der Waals surface area (Å²) in [7, 11) is 0. The number of nitro groups is 1. The number of anilines is 2. The van der Waals surface area contributed by atoms with Gasteiger partial charge in [0.1, 0.15) is 5.75 Å². The predicted octanol–water partition coefficient (Wildman–Crippen LogP) is 4.08. The number of nitrogens with zero attached hydrogens (tertiary/aromatic N) is 2. The highest BCUT2D eigenvalue weighted by Gasteiger charge is 2.26. The Labute approximate surface area is 178 Å². The number of carbonyl (C=O) groups excluding carboxylic acids is 2. The number of amides is 2. The van der Waals surface area contributed by atoms with Crippen LogP contribution in [0, 0.1) is 17.0 Å². The van der Waals surface area contributed by atoms with E-state index in [0.717, 1.165) is 5.56 Å². The second kappa shape index (κ2) is 8.27. The van der Waals surface area contributed by atoms with Gasteiger partial charge in [-0.15, -0.1) is 0 Å². The summed E-state index contributed by atoms with van der Waals surface area (Å²) in [5.41, 5.74) is 2.34. The first-order valence-corrected chi connectivity index (χ1v) is 9.60. The van der Waals surface area contributed by atoms with Gasteiger partial charge in [0.15, 0.2) is 6.61 Å². The van der Waals surface area contributed by atoms with E-state index in [-0.39, 0.29) is 29.3 Å². The lowest BCUT2D eigenvalue weighted by Gasteiger charge is -2.30. The van der Waals surface area contributed by atoms with E-state index >= 15 is 0 Å². The quantitative estimate of drug-likeness (QED) is 0.498. The molecule has 0 saturated heterocycles. The van der Waals surface area contributed by atoms with Gasteiger partial charge in [-0.2, -0.15) is 0 Å². The van der Waals surface area contributed by atoms with E-state index in [1.807, 2.05) is 30.3 Å². The molecule has 0 radical (unpaired) electrons. The van der Waals surface area contributed by atoms with Crippen LogP contribution in [0.2, 0.25) is 0 Å². The van der Waals surface area contributed by atoms with Crippen molar-refractivity contribution < 1.29 is 19.2 Å². The van der Waals surface area contributed by atoms with Crippen molar-refractivity contribution >= 4 is 28.9 Å². The summed E-state index contributed by atoms with van der Waals surface area (Å²) in [4.78, 5) is 37.5. The van der Waals surface area contributed by atoms with Crippen LogP contribution in [0.5, 0.6) is 5.75 Å². The van der Waals surface area contributed by atoms with Crippen molar-refractivity contribution in [1.82, 2.24) is 0 Å². The van der Waals surface area contributed by atoms with E-state index in [4.69, 9.17) is 4.74 Å². The Balaban J connectivity index is 1.62. The number of ether oxygens (including phenoxy) is 1. The van der Waals surface area contributed by atoms with Gasteiger partial charge in [-0.1, -0.05) is 36.4 Å². The van der Waals surface area contributed by atoms with Crippen molar-refractivity contribution in [3.63, 3.8) is 0 Å². The van der Waals surface area contributed by atoms with E-state index in [2.05, 4.69) is 5.32 Å². The lowest BCUT2D eigenvalue weighted by atomic mass is 10.1. The molecule has 4 rings (SSSR count). The average Bonchev–Trinajstić information content (AvgIpc) is 2.76. The summed E-state index contributed by atoms with van der Waals surface area (Å²) in [6.45, 7) is 1.85. The van der Waals surface area contributed by atoms with Gasteiger partial charge in [0, 0.05) is 22.9 Å². The van der Waals surface area contributed by atoms with E-state index in [0.29, 0.717) is 23.7 Å². The Morgan fingerprint density at radius 3 is 2.65 bits per heavy atom. The maximum absolute atomic E-state index is 12.8. The predicted molar refractivity (Wildman–Crippen MR) is 115 cm³/mol. The molecule has 0 bridgehead atoms. The van der Waals surface area contributed by atoms with E-state index in [9.17, 15) is 19.7 Å². The minimum absolute atomic E-state index is 0.0571. The number of fused-ring (bicyclic) bond motifs is 1. The number of nitro benzene ring substituents is 1. The lowest BCUT2D eigenvalue weighted by molar-refractivity contribution is -0.385. The first-order chi connectivity index (χ1) is 14.9. The number of nitrogens with one attached hydrogen (secondary N) is 1. The fraction of sp³-hybridized carbons (Fsp3) is 0.130. The van der Waals surface area contributed by atoms with Crippen LogP contribution in [0.4, 0.5) is 17.1 Å². The first-order valence-electron chi connectivity index (χ1n) is 9.60. The van der Waals surface area contributed by atoms with Crippen LogP contribution in [-0.2, 0) is 11.3 Å². The van der Waals surface area contributed by atoms with Crippen molar-refractivity contribution in [2.45, 2.75) is 13.5 Å². The van der Waals surface area contributed by atoms with Crippen LogP contribution >= 0.6 is 0 Å². The molecule has 2 amide bonds. The molecule has 0 saturated carbocycles. The molecule has 1 aliphatic heterocycles. The van der Waals surface area contributed by atoms with Gasteiger partial charge in [-0.25, -0.2) is 0 Å². The van der Waals surface area contributed by atoms with Crippen molar-refractivity contribution in [2.75, 3.05) is 16.8 Å². The van der Waals surface area contributed by atoms with Crippen LogP contribution in [-0.4, -0.2) is 23.3 Å². The maximum atomic E-state index is 12.8. The van der Waals surface area contributed by atoms with Crippen LogP contribution in [0.25, 0.3) is 0 Å². The van der Waals surface area contributed by atoms with Crippen molar-refractivity contribution in [1.29, 1.82) is 0 Å². The number of hydrogen-bond donors (Lipinski definition) is 1. The molecule has 0 spiro atoms. The summed E-state index contributed by atoms with van der Waals surface area (Å²) >= 11 is 0. The lowest BCUT2D eigenvalue weighted by Crippen LogP contribution is -2.38. The highest BCUT2D eigenvalue weighted by Crippen LogP contribution is 2.35. The van der Waals surface area contributed by atoms with Crippen LogP contribution in [0.1, 0.15) is 21.5 Å². The summed E-state index contributed by atoms with van der Waals surface area (Å²) in [6, 6.07) is 19.0. The Kier molecular flexibility index (Phi) is 5.36. The topological polar surface area (TPSA) is 102 Å². The fourth-order valence-electron chi connectivity index (χ4n) is 3.48. The molecule has 0 fully saturated rings. The zero-order chi connectivity index (χ0) is 22.0. The first kappa shape index (κ1) is 20.1. The Hall–Kier alpha value is -4.20. The number of hydrogen-bond acceptors (Lipinski definition) is 5. The number of benzene rings is 3. The van der Waals surface area contributed by atoms with Crippen LogP contribution < -0.4 is 15.0 Å². The Morgan fingerprint density at radius 1 is 1.13 bits per heavy atom. The molecule has 1 aliphatic rings. The molecule has 31 heavy (non-hydrogen) atoms. The molecule has 3 aromatic rings. The third-order valence-corrected chi connectivity index (χ3v) is 5.09. The van der Waals surface area contributed by atoms with E-state index in [1.165, 1.54) is 25.1 Å². The minimum Gasteiger partial charge on any atom is -0.482 e. The van der Waals surface area contributed by atoms with Gasteiger partial charge >= 0.3 is 0 Å². The molecule has 0 aromatic heterocycles. The third kappa shape index (κ3) is 4.09. The standard InChI is InChI=1S/C23H19N3O5/c1-15-18(8-5-9-19(15)26(29)30)23(28)24-17-10-11-21-20(12-17)25(22(27)14-31-21)13-16-6-3-2-4-7-16/h2-12H,13-14H2,1H3,(H,24,28). The van der Waals surface area contributed by atoms with Gasteiger partial charge in [0.25, 0.3) is 17.5 Å². The van der Waals surface area contributed by atoms with Crippen LogP contribution in [0.3, 0.4) is 0 Å². The van der Waals surface area contributed by atoms with Gasteiger partial charge in [0.05, 0.1) is 17.2 Å². The molecule has 1 heterocycles. The molecule has 8 heteroatoms. The molecule has 1 N–H and O–H groups in total. The van der Waals surface area contributed by atoms with Gasteiger partial charge in [-0.3, -0.25) is 19.7 Å². The highest BCUT2D eigenvalue weighted by molar-refractivity contribution is 6.06. The highest BCUT2D eigenvalue weighted by atomic mass is 16.6. The average molecular weight is 417 g/mol. The molecule has 8 nitrogen and oxygen atoms in total. The van der Waals surface area contributed by atoms with Crippen molar-refractivity contribution in [3.8, 4) is 5.75 Å². The van der Waals surface area contributed by atoms with E-state index < -0.39 is 10.8 Å². The zero-order valence-corrected chi connectivity index (χ0v) is 16.7. The largest absolute Gasteiger partial charge is 0.482 e. The van der Waals surface area contributed by atoms with Crippen molar-refractivity contribution in [2.24, 2.45) is 0 Å². The molecule has 0 unspecified atom stereocenters. The monoisotopic (exact) mass is 417 g/mol. The molecular weight excluding hydrogens is 398 g/mol. The summed E-state index contributed by atoms with van der Waals surface area (Å²) in [5, 5.41) is 13.9. The molecule has 156 valence electrons. The SMILES string of the molecule is Cc1c(C(=O)Nc2ccc3c(c2)N(Cc2ccccc2)C(=O)CO3)cccc1[N+](=O)[O-]. The third-order valence-electron chi connectivity index (χ3n) is 5.09. The minimum atomic E-state index is -0.518. The second-order valence-corrected chi connectivity index (χ2v) is 7.10. The van der Waals surface area contributed by atoms with Crippen molar-refractivity contribution in [3.05, 3.63) is 93.5 Å². The van der Waals surface area contributed by atoms with Crippen LogP contribution in [0.15, 0.2) is 66.7 Å². The Bertz CT molecular complexity index is 1180. The van der Waals surface area contributed by atoms with Gasteiger partial charge < -0.3 is 15.0 Å².